The maximum absolute atomic E-state index is 5.41. The summed E-state index contributed by atoms with van der Waals surface area (Å²) in [6, 6.07) is 5.01. The van der Waals surface area contributed by atoms with E-state index in [0.717, 1.165) is 18.8 Å². The van der Waals surface area contributed by atoms with E-state index in [0.29, 0.717) is 12.1 Å². The summed E-state index contributed by atoms with van der Waals surface area (Å²) in [5.74, 6) is 1.06. The van der Waals surface area contributed by atoms with Gasteiger partial charge in [-0.25, -0.2) is 0 Å². The van der Waals surface area contributed by atoms with E-state index in [4.69, 9.17) is 4.42 Å². The molecule has 0 aliphatic carbocycles. The number of rotatable bonds is 3. The summed E-state index contributed by atoms with van der Waals surface area (Å²) >= 11 is 0. The summed E-state index contributed by atoms with van der Waals surface area (Å²) < 4.78 is 5.41. The van der Waals surface area contributed by atoms with Gasteiger partial charge in [-0.2, -0.15) is 0 Å². The van der Waals surface area contributed by atoms with Crippen LogP contribution in [-0.2, 0) is 0 Å². The highest BCUT2D eigenvalue weighted by atomic mass is 16.3. The molecule has 3 nitrogen and oxygen atoms in total. The molecule has 0 bridgehead atoms. The van der Waals surface area contributed by atoms with Gasteiger partial charge in [-0.3, -0.25) is 4.90 Å². The first-order valence-electron chi connectivity index (χ1n) is 5.25. The first-order valence-corrected chi connectivity index (χ1v) is 5.25. The van der Waals surface area contributed by atoms with E-state index in [-0.39, 0.29) is 0 Å². The molecule has 0 amide bonds. The lowest BCUT2D eigenvalue weighted by atomic mass is 10.1. The van der Waals surface area contributed by atoms with E-state index in [2.05, 4.69) is 24.2 Å². The molecule has 2 rings (SSSR count). The fraction of sp³-hybridized carbons (Fsp3) is 0.636. The molecule has 0 spiro atoms. The molecular weight excluding hydrogens is 176 g/mol. The largest absolute Gasteiger partial charge is 0.468 e. The van der Waals surface area contributed by atoms with Gasteiger partial charge >= 0.3 is 0 Å². The van der Waals surface area contributed by atoms with Crippen LogP contribution in [0.5, 0.6) is 0 Å². The molecule has 3 heteroatoms. The lowest BCUT2D eigenvalue weighted by Gasteiger charge is -2.28. The molecule has 0 saturated carbocycles. The summed E-state index contributed by atoms with van der Waals surface area (Å²) in [5, 5.41) is 3.38. The third-order valence-corrected chi connectivity index (χ3v) is 3.18. The van der Waals surface area contributed by atoms with Gasteiger partial charge in [0.15, 0.2) is 0 Å². The zero-order chi connectivity index (χ0) is 9.97. The zero-order valence-corrected chi connectivity index (χ0v) is 8.86. The van der Waals surface area contributed by atoms with E-state index < -0.39 is 0 Å². The van der Waals surface area contributed by atoms with Gasteiger partial charge in [0.05, 0.1) is 12.3 Å². The second-order valence-corrected chi connectivity index (χ2v) is 4.00. The Morgan fingerprint density at radius 3 is 3.07 bits per heavy atom. The van der Waals surface area contributed by atoms with Crippen LogP contribution in [0, 0.1) is 0 Å². The van der Waals surface area contributed by atoms with Crippen LogP contribution in [0.15, 0.2) is 22.8 Å². The second-order valence-electron chi connectivity index (χ2n) is 4.00. The number of nitrogens with one attached hydrogen (secondary N) is 1. The molecule has 0 radical (unpaired) electrons. The Balaban J connectivity index is 2.00. The summed E-state index contributed by atoms with van der Waals surface area (Å²) in [5.41, 5.74) is 0. The Labute approximate surface area is 85.1 Å². The van der Waals surface area contributed by atoms with Crippen molar-refractivity contribution in [2.45, 2.75) is 25.4 Å². The van der Waals surface area contributed by atoms with Gasteiger partial charge in [0.2, 0.25) is 0 Å². The van der Waals surface area contributed by atoms with Gasteiger partial charge in [-0.15, -0.1) is 0 Å². The first-order chi connectivity index (χ1) is 6.79. The average Bonchev–Trinajstić information content (AvgIpc) is 2.87. The molecule has 14 heavy (non-hydrogen) atoms. The summed E-state index contributed by atoms with van der Waals surface area (Å²) in [6.45, 7) is 4.43. The third-order valence-electron chi connectivity index (χ3n) is 3.18. The highest BCUT2D eigenvalue weighted by Crippen LogP contribution is 2.22. The quantitative estimate of drug-likeness (QED) is 0.793. The van der Waals surface area contributed by atoms with Crippen LogP contribution in [0.4, 0.5) is 0 Å². The highest BCUT2D eigenvalue weighted by molar-refractivity contribution is 5.04. The van der Waals surface area contributed by atoms with Crippen molar-refractivity contribution in [1.82, 2.24) is 10.2 Å². The van der Waals surface area contributed by atoms with Crippen molar-refractivity contribution in [2.75, 3.05) is 20.1 Å². The van der Waals surface area contributed by atoms with Crippen molar-refractivity contribution in [3.8, 4) is 0 Å². The lowest BCUT2D eigenvalue weighted by Crippen LogP contribution is -2.35. The van der Waals surface area contributed by atoms with Crippen LogP contribution in [0.1, 0.15) is 25.1 Å². The topological polar surface area (TPSA) is 28.4 Å². The second kappa shape index (κ2) is 4.15. The number of likely N-dealkylation sites (N-methyl/N-ethyl adjacent to an activating group) is 1. The van der Waals surface area contributed by atoms with Gasteiger partial charge in [-0.05, 0) is 39.1 Å². The minimum atomic E-state index is 0.370. The average molecular weight is 194 g/mol. The fourth-order valence-corrected chi connectivity index (χ4v) is 2.03. The molecule has 1 fully saturated rings. The van der Waals surface area contributed by atoms with Crippen LogP contribution in [-0.4, -0.2) is 31.1 Å². The SMILES string of the molecule is C[C@H](c1ccco1)N(C)[C@H]1CCNC1. The predicted molar refractivity (Wildman–Crippen MR) is 56.2 cm³/mol. The summed E-state index contributed by atoms with van der Waals surface area (Å²) in [4.78, 5) is 2.39. The summed E-state index contributed by atoms with van der Waals surface area (Å²) in [6.07, 6.45) is 2.98. The molecule has 78 valence electrons. The van der Waals surface area contributed by atoms with Gasteiger partial charge in [0, 0.05) is 12.6 Å². The van der Waals surface area contributed by atoms with Crippen LogP contribution in [0.3, 0.4) is 0 Å². The van der Waals surface area contributed by atoms with Gasteiger partial charge < -0.3 is 9.73 Å². The van der Waals surface area contributed by atoms with E-state index in [9.17, 15) is 0 Å². The van der Waals surface area contributed by atoms with Crippen LogP contribution in [0.2, 0.25) is 0 Å². The number of nitrogens with zero attached hydrogens (tertiary/aromatic N) is 1. The van der Waals surface area contributed by atoms with Crippen molar-refractivity contribution < 1.29 is 4.42 Å². The molecule has 2 heterocycles. The minimum Gasteiger partial charge on any atom is -0.468 e. The van der Waals surface area contributed by atoms with Gasteiger partial charge in [0.1, 0.15) is 5.76 Å². The van der Waals surface area contributed by atoms with E-state index in [1.165, 1.54) is 6.42 Å². The van der Waals surface area contributed by atoms with Crippen molar-refractivity contribution >= 4 is 0 Å². The van der Waals surface area contributed by atoms with Gasteiger partial charge in [-0.1, -0.05) is 0 Å². The Hall–Kier alpha value is -0.800. The Morgan fingerprint density at radius 2 is 2.50 bits per heavy atom. The molecule has 1 aliphatic rings. The van der Waals surface area contributed by atoms with E-state index in [1.54, 1.807) is 6.26 Å². The fourth-order valence-electron chi connectivity index (χ4n) is 2.03. The Morgan fingerprint density at radius 1 is 1.64 bits per heavy atom. The van der Waals surface area contributed by atoms with Crippen molar-refractivity contribution in [1.29, 1.82) is 0 Å². The monoisotopic (exact) mass is 194 g/mol. The van der Waals surface area contributed by atoms with Gasteiger partial charge in [0.25, 0.3) is 0 Å². The molecule has 1 saturated heterocycles. The normalized spacial score (nSPS) is 24.4. The third kappa shape index (κ3) is 1.83. The van der Waals surface area contributed by atoms with Crippen LogP contribution in [0.25, 0.3) is 0 Å². The molecule has 0 aromatic carbocycles. The zero-order valence-electron chi connectivity index (χ0n) is 8.86. The van der Waals surface area contributed by atoms with Crippen molar-refractivity contribution in [3.63, 3.8) is 0 Å². The number of hydrogen-bond acceptors (Lipinski definition) is 3. The molecule has 1 aromatic rings. The van der Waals surface area contributed by atoms with E-state index >= 15 is 0 Å². The molecule has 2 atom stereocenters. The maximum Gasteiger partial charge on any atom is 0.120 e. The van der Waals surface area contributed by atoms with Crippen molar-refractivity contribution in [3.05, 3.63) is 24.2 Å². The molecular formula is C11H18N2O. The molecule has 1 aliphatic heterocycles. The molecule has 1 N–H and O–H groups in total. The first kappa shape index (κ1) is 9.74. The summed E-state index contributed by atoms with van der Waals surface area (Å²) in [7, 11) is 2.17. The minimum absolute atomic E-state index is 0.370. The van der Waals surface area contributed by atoms with Crippen LogP contribution < -0.4 is 5.32 Å². The maximum atomic E-state index is 5.41. The molecule has 0 unspecified atom stereocenters. The predicted octanol–water partition coefficient (Wildman–Crippen LogP) is 1.63. The van der Waals surface area contributed by atoms with Crippen LogP contribution >= 0.6 is 0 Å². The lowest BCUT2D eigenvalue weighted by molar-refractivity contribution is 0.176. The van der Waals surface area contributed by atoms with E-state index in [1.807, 2.05) is 12.1 Å². The highest BCUT2D eigenvalue weighted by Gasteiger charge is 2.24. The number of furan rings is 1. The Bertz CT molecular complexity index is 265. The number of hydrogen-bond donors (Lipinski definition) is 1. The standard InChI is InChI=1S/C11H18N2O/c1-9(11-4-3-7-14-11)13(2)10-5-6-12-8-10/h3-4,7,9-10,12H,5-6,8H2,1-2H3/t9-,10+/m1/s1. The Kier molecular flexibility index (Phi) is 2.89. The smallest absolute Gasteiger partial charge is 0.120 e. The molecule has 1 aromatic heterocycles. The van der Waals surface area contributed by atoms with Crippen molar-refractivity contribution in [2.24, 2.45) is 0 Å².